The molecule has 1 heterocycles. The van der Waals surface area contributed by atoms with Crippen LogP contribution in [0.2, 0.25) is 0 Å². The van der Waals surface area contributed by atoms with Crippen molar-refractivity contribution in [3.05, 3.63) is 54.2 Å². The van der Waals surface area contributed by atoms with Crippen LogP contribution in [0.4, 0.5) is 30.2 Å². The predicted octanol–water partition coefficient (Wildman–Crippen LogP) is 4.93. The predicted molar refractivity (Wildman–Crippen MR) is 125 cm³/mol. The van der Waals surface area contributed by atoms with Gasteiger partial charge in [-0.1, -0.05) is 12.1 Å². The molecule has 1 aliphatic heterocycles. The molecule has 7 nitrogen and oxygen atoms in total. The number of ketones is 1. The monoisotopic (exact) mass is 497 g/mol. The third-order valence-corrected chi connectivity index (χ3v) is 6.66. The Balaban J connectivity index is 2.00. The van der Waals surface area contributed by atoms with Gasteiger partial charge in [-0.2, -0.15) is 13.2 Å². The van der Waals surface area contributed by atoms with E-state index in [1.807, 2.05) is 4.90 Å². The Bertz CT molecular complexity index is 1170. The summed E-state index contributed by atoms with van der Waals surface area (Å²) in [5.74, 6) is -1.67. The first-order valence-corrected chi connectivity index (χ1v) is 12.1. The minimum absolute atomic E-state index is 0.0414. The molecule has 0 bridgehead atoms. The molecule has 0 atom stereocenters. The number of alkyl halides is 3. The van der Waals surface area contributed by atoms with E-state index in [2.05, 4.69) is 10.0 Å². The Hall–Kier alpha value is -3.21. The smallest absolute Gasteiger partial charge is 0.454 e. The zero-order valence-corrected chi connectivity index (χ0v) is 19.6. The first-order chi connectivity index (χ1) is 16.0. The molecular formula is C23H26F3N3O4S. The molecule has 2 aromatic carbocycles. The number of benzene rings is 2. The number of hydrogen-bond acceptors (Lipinski definition) is 6. The highest BCUT2D eigenvalue weighted by Gasteiger charge is 2.36. The van der Waals surface area contributed by atoms with Crippen LogP contribution in [-0.2, 0) is 14.8 Å². The highest BCUT2D eigenvalue weighted by Crippen LogP contribution is 2.34. The van der Waals surface area contributed by atoms with E-state index in [4.69, 9.17) is 4.74 Å². The zero-order chi connectivity index (χ0) is 24.9. The SMILES string of the molecule is COc1ccccc1NS(=O)(=O)c1cc(N/C(C)=C/C(=O)C(F)(F)F)ccc1N1CCCCC1. The van der Waals surface area contributed by atoms with Crippen LogP contribution >= 0.6 is 0 Å². The van der Waals surface area contributed by atoms with Gasteiger partial charge in [0.2, 0.25) is 0 Å². The lowest BCUT2D eigenvalue weighted by molar-refractivity contribution is -0.165. The Morgan fingerprint density at radius 2 is 1.76 bits per heavy atom. The quantitative estimate of drug-likeness (QED) is 0.503. The number of carbonyl (C=O) groups excluding carboxylic acids is 1. The van der Waals surface area contributed by atoms with Gasteiger partial charge in [0, 0.05) is 30.5 Å². The fourth-order valence-corrected chi connectivity index (χ4v) is 5.00. The van der Waals surface area contributed by atoms with E-state index in [9.17, 15) is 26.4 Å². The molecular weight excluding hydrogens is 471 g/mol. The Morgan fingerprint density at radius 1 is 1.09 bits per heavy atom. The minimum Gasteiger partial charge on any atom is -0.495 e. The molecule has 0 unspecified atom stereocenters. The molecule has 0 amide bonds. The molecule has 0 spiro atoms. The summed E-state index contributed by atoms with van der Waals surface area (Å²) < 4.78 is 72.4. The maximum absolute atomic E-state index is 13.4. The highest BCUT2D eigenvalue weighted by molar-refractivity contribution is 7.93. The zero-order valence-electron chi connectivity index (χ0n) is 18.8. The second-order valence-electron chi connectivity index (χ2n) is 7.85. The lowest BCUT2D eigenvalue weighted by Gasteiger charge is -2.30. The molecule has 1 saturated heterocycles. The summed E-state index contributed by atoms with van der Waals surface area (Å²) in [6.45, 7) is 2.66. The van der Waals surface area contributed by atoms with Crippen molar-refractivity contribution in [3.8, 4) is 5.75 Å². The normalized spacial score (nSPS) is 15.1. The molecule has 11 heteroatoms. The maximum Gasteiger partial charge on any atom is 0.454 e. The molecule has 0 aromatic heterocycles. The van der Waals surface area contributed by atoms with Crippen molar-refractivity contribution in [2.75, 3.05) is 35.1 Å². The molecule has 0 radical (unpaired) electrons. The number of para-hydroxylation sites is 2. The number of hydrogen-bond donors (Lipinski definition) is 2. The fourth-order valence-electron chi connectivity index (χ4n) is 3.67. The second kappa shape index (κ2) is 10.4. The number of piperidine rings is 1. The van der Waals surface area contributed by atoms with E-state index < -0.39 is 22.0 Å². The topological polar surface area (TPSA) is 87.7 Å². The third kappa shape index (κ3) is 6.22. The second-order valence-corrected chi connectivity index (χ2v) is 9.50. The van der Waals surface area contributed by atoms with Gasteiger partial charge in [0.15, 0.2) is 0 Å². The van der Waals surface area contributed by atoms with E-state index in [-0.39, 0.29) is 22.0 Å². The van der Waals surface area contributed by atoms with Crippen LogP contribution in [0.25, 0.3) is 0 Å². The van der Waals surface area contributed by atoms with Crippen LogP contribution in [0.1, 0.15) is 26.2 Å². The van der Waals surface area contributed by atoms with Gasteiger partial charge < -0.3 is 15.0 Å². The van der Waals surface area contributed by atoms with Gasteiger partial charge in [-0.3, -0.25) is 9.52 Å². The first-order valence-electron chi connectivity index (χ1n) is 10.6. The van der Waals surface area contributed by atoms with Crippen LogP contribution in [0.3, 0.4) is 0 Å². The molecule has 0 aliphatic carbocycles. The van der Waals surface area contributed by atoms with Gasteiger partial charge in [-0.05, 0) is 56.5 Å². The van der Waals surface area contributed by atoms with Gasteiger partial charge in [-0.15, -0.1) is 0 Å². The fraction of sp³-hybridized carbons (Fsp3) is 0.348. The Labute approximate surface area is 196 Å². The summed E-state index contributed by atoms with van der Waals surface area (Å²) in [5.41, 5.74) is 0.888. The maximum atomic E-state index is 13.4. The Kier molecular flexibility index (Phi) is 7.75. The van der Waals surface area contributed by atoms with Crippen molar-refractivity contribution in [1.29, 1.82) is 0 Å². The molecule has 3 rings (SSSR count). The number of nitrogens with zero attached hydrogens (tertiary/aromatic N) is 1. The largest absolute Gasteiger partial charge is 0.495 e. The molecule has 34 heavy (non-hydrogen) atoms. The van der Waals surface area contributed by atoms with Crippen molar-refractivity contribution in [2.24, 2.45) is 0 Å². The number of halogens is 3. The summed E-state index contributed by atoms with van der Waals surface area (Å²) >= 11 is 0. The van der Waals surface area contributed by atoms with Gasteiger partial charge >= 0.3 is 6.18 Å². The summed E-state index contributed by atoms with van der Waals surface area (Å²) in [7, 11) is -2.68. The number of rotatable bonds is 8. The number of allylic oxidation sites excluding steroid dienone is 2. The van der Waals surface area contributed by atoms with E-state index in [1.54, 1.807) is 36.4 Å². The van der Waals surface area contributed by atoms with Crippen LogP contribution in [0.15, 0.2) is 59.1 Å². The highest BCUT2D eigenvalue weighted by atomic mass is 32.2. The molecule has 1 fully saturated rings. The van der Waals surface area contributed by atoms with Crippen molar-refractivity contribution in [3.63, 3.8) is 0 Å². The molecule has 2 N–H and O–H groups in total. The van der Waals surface area contributed by atoms with E-state index in [0.717, 1.165) is 19.3 Å². The summed E-state index contributed by atoms with van der Waals surface area (Å²) in [6, 6.07) is 11.1. The molecule has 2 aromatic rings. The van der Waals surface area contributed by atoms with Crippen molar-refractivity contribution < 1.29 is 31.1 Å². The van der Waals surface area contributed by atoms with Gasteiger partial charge in [0.05, 0.1) is 18.5 Å². The van der Waals surface area contributed by atoms with Crippen LogP contribution in [0, 0.1) is 0 Å². The van der Waals surface area contributed by atoms with E-state index >= 15 is 0 Å². The van der Waals surface area contributed by atoms with Crippen molar-refractivity contribution >= 4 is 32.9 Å². The van der Waals surface area contributed by atoms with E-state index in [0.29, 0.717) is 30.6 Å². The Morgan fingerprint density at radius 3 is 2.41 bits per heavy atom. The lowest BCUT2D eigenvalue weighted by Crippen LogP contribution is -2.31. The lowest BCUT2D eigenvalue weighted by atomic mass is 10.1. The molecule has 1 aliphatic rings. The van der Waals surface area contributed by atoms with Gasteiger partial charge in [0.25, 0.3) is 15.8 Å². The number of nitrogens with one attached hydrogen (secondary N) is 2. The van der Waals surface area contributed by atoms with Crippen LogP contribution < -0.4 is 19.7 Å². The van der Waals surface area contributed by atoms with Crippen molar-refractivity contribution in [2.45, 2.75) is 37.3 Å². The number of methoxy groups -OCH3 is 1. The van der Waals surface area contributed by atoms with Crippen LogP contribution in [0.5, 0.6) is 5.75 Å². The van der Waals surface area contributed by atoms with Crippen molar-refractivity contribution in [1.82, 2.24) is 0 Å². The number of sulfonamides is 1. The summed E-state index contributed by atoms with van der Waals surface area (Å²) in [5, 5.41) is 2.68. The number of anilines is 3. The number of carbonyl (C=O) groups is 1. The van der Waals surface area contributed by atoms with Crippen LogP contribution in [-0.4, -0.2) is 40.6 Å². The summed E-state index contributed by atoms with van der Waals surface area (Å²) in [4.78, 5) is 13.2. The number of ether oxygens (including phenoxy) is 1. The first kappa shape index (κ1) is 25.4. The molecule has 0 saturated carbocycles. The standard InChI is InChI=1S/C23H26F3N3O4S/c1-16(14-22(30)23(24,25)26)27-17-10-11-19(29-12-6-3-7-13-29)21(15-17)34(31,32)28-18-8-4-5-9-20(18)33-2/h4-5,8-11,14-15,27-28H,3,6-7,12-13H2,1-2H3/b16-14+. The average molecular weight is 498 g/mol. The van der Waals surface area contributed by atoms with Gasteiger partial charge in [0.1, 0.15) is 10.6 Å². The molecule has 184 valence electrons. The minimum atomic E-state index is -4.99. The van der Waals surface area contributed by atoms with Gasteiger partial charge in [-0.25, -0.2) is 8.42 Å². The average Bonchev–Trinajstić information content (AvgIpc) is 2.79. The summed E-state index contributed by atoms with van der Waals surface area (Å²) in [6.07, 6.45) is -1.68. The van der Waals surface area contributed by atoms with E-state index in [1.165, 1.54) is 20.1 Å². The third-order valence-electron chi connectivity index (χ3n) is 5.27.